The van der Waals surface area contributed by atoms with Crippen molar-refractivity contribution < 1.29 is 9.35 Å². The second kappa shape index (κ2) is 6.67. The van der Waals surface area contributed by atoms with Gasteiger partial charge in [0.05, 0.1) is 6.33 Å². The molecule has 0 saturated heterocycles. The van der Waals surface area contributed by atoms with Crippen LogP contribution >= 0.6 is 15.9 Å². The number of rotatable bonds is 3. The maximum atomic E-state index is 13.0. The predicted octanol–water partition coefficient (Wildman–Crippen LogP) is 3.88. The first kappa shape index (κ1) is 16.4. The second-order valence-electron chi connectivity index (χ2n) is 5.63. The third-order valence-electron chi connectivity index (χ3n) is 4.06. The summed E-state index contributed by atoms with van der Waals surface area (Å²) in [5.41, 5.74) is 1.35. The van der Waals surface area contributed by atoms with Gasteiger partial charge in [0, 0.05) is 41.0 Å². The zero-order valence-electron chi connectivity index (χ0n) is 13.1. The molecule has 4 rings (SSSR count). The van der Waals surface area contributed by atoms with Crippen LogP contribution in [-0.2, 0) is 22.5 Å². The van der Waals surface area contributed by atoms with Crippen molar-refractivity contribution in [2.24, 2.45) is 0 Å². The summed E-state index contributed by atoms with van der Waals surface area (Å²) in [5, 5.41) is 0. The minimum Gasteiger partial charge on any atom is -0.606 e. The first-order valence-electron chi connectivity index (χ1n) is 7.74. The number of halogens is 1. The van der Waals surface area contributed by atoms with Crippen molar-refractivity contribution in [1.82, 2.24) is 9.55 Å². The number of hydrogen-bond donors (Lipinski definition) is 0. The Morgan fingerprint density at radius 2 is 1.96 bits per heavy atom. The minimum atomic E-state index is -1.30. The van der Waals surface area contributed by atoms with E-state index >= 15 is 0 Å². The lowest BCUT2D eigenvalue weighted by Crippen LogP contribution is -2.32. The molecule has 2 heterocycles. The molecule has 1 amide bonds. The third-order valence-corrected chi connectivity index (χ3v) is 6.04. The van der Waals surface area contributed by atoms with Crippen molar-refractivity contribution in [2.45, 2.75) is 22.8 Å². The maximum Gasteiger partial charge on any atom is 0.233 e. The average Bonchev–Trinajstić information content (AvgIpc) is 3.13. The summed E-state index contributed by atoms with van der Waals surface area (Å²) in [6.07, 6.45) is 5.54. The normalized spacial score (nSPS) is 15.6. The fraction of sp³-hybridized carbons (Fsp3) is 0.111. The van der Waals surface area contributed by atoms with E-state index in [9.17, 15) is 9.35 Å². The minimum absolute atomic E-state index is 0.0443. The molecular formula is C18H14BrN3O2S. The Morgan fingerprint density at radius 3 is 2.76 bits per heavy atom. The highest BCUT2D eigenvalue weighted by Gasteiger charge is 2.36. The summed E-state index contributed by atoms with van der Waals surface area (Å²) in [7, 11) is 0. The van der Waals surface area contributed by atoms with Crippen LogP contribution in [0.2, 0.25) is 0 Å². The Kier molecular flexibility index (Phi) is 4.37. The number of nitrogens with zero attached hydrogens (tertiary/aromatic N) is 3. The van der Waals surface area contributed by atoms with Crippen molar-refractivity contribution in [3.8, 4) is 0 Å². The fourth-order valence-corrected chi connectivity index (χ4v) is 4.56. The molecule has 0 saturated carbocycles. The summed E-state index contributed by atoms with van der Waals surface area (Å²) in [6.45, 7) is 0.546. The standard InChI is InChI=1S/C18H14BrN3O2S/c19-13-5-6-17-15(11-13)22(14-3-1-2-4-16(14)25(17)24)18(23)7-9-21-10-8-20-12-21/h1-6,8,10-12H,7,9H2. The Hall–Kier alpha value is -2.09. The van der Waals surface area contributed by atoms with Gasteiger partial charge in [-0.25, -0.2) is 4.98 Å². The van der Waals surface area contributed by atoms with Crippen molar-refractivity contribution in [3.05, 3.63) is 65.7 Å². The highest BCUT2D eigenvalue weighted by Crippen LogP contribution is 2.45. The number of benzene rings is 2. The van der Waals surface area contributed by atoms with Crippen LogP contribution in [0, 0.1) is 0 Å². The summed E-state index contributed by atoms with van der Waals surface area (Å²) in [4.78, 5) is 20.0. The van der Waals surface area contributed by atoms with E-state index in [4.69, 9.17) is 0 Å². The van der Waals surface area contributed by atoms with Crippen LogP contribution < -0.4 is 4.90 Å². The molecule has 0 bridgehead atoms. The fourth-order valence-electron chi connectivity index (χ4n) is 2.89. The van der Waals surface area contributed by atoms with Crippen molar-refractivity contribution >= 4 is 44.4 Å². The largest absolute Gasteiger partial charge is 0.606 e. The Balaban J connectivity index is 1.74. The molecule has 7 heteroatoms. The summed E-state index contributed by atoms with van der Waals surface area (Å²) in [6, 6.07) is 12.8. The molecular weight excluding hydrogens is 402 g/mol. The zero-order chi connectivity index (χ0) is 17.4. The Labute approximate surface area is 156 Å². The van der Waals surface area contributed by atoms with Gasteiger partial charge in [-0.15, -0.1) is 0 Å². The predicted molar refractivity (Wildman–Crippen MR) is 99.2 cm³/mol. The third kappa shape index (κ3) is 2.99. The van der Waals surface area contributed by atoms with Gasteiger partial charge in [-0.1, -0.05) is 28.1 Å². The van der Waals surface area contributed by atoms with E-state index < -0.39 is 11.2 Å². The van der Waals surface area contributed by atoms with Gasteiger partial charge >= 0.3 is 0 Å². The first-order chi connectivity index (χ1) is 12.1. The van der Waals surface area contributed by atoms with E-state index in [-0.39, 0.29) is 5.91 Å². The quantitative estimate of drug-likeness (QED) is 0.609. The molecule has 2 aromatic carbocycles. The molecule has 1 aromatic heterocycles. The number of hydrogen-bond acceptors (Lipinski definition) is 3. The van der Waals surface area contributed by atoms with Gasteiger partial charge in [-0.05, 0) is 30.3 Å². The lowest BCUT2D eigenvalue weighted by atomic mass is 10.2. The highest BCUT2D eigenvalue weighted by atomic mass is 79.9. The van der Waals surface area contributed by atoms with Gasteiger partial charge in [0.25, 0.3) is 0 Å². The Bertz CT molecular complexity index is 930. The maximum absolute atomic E-state index is 13.0. The lowest BCUT2D eigenvalue weighted by molar-refractivity contribution is -0.118. The number of aromatic nitrogens is 2. The molecule has 126 valence electrons. The van der Waals surface area contributed by atoms with Crippen molar-refractivity contribution in [2.75, 3.05) is 4.90 Å². The second-order valence-corrected chi connectivity index (χ2v) is 7.96. The smallest absolute Gasteiger partial charge is 0.233 e. The number of amides is 1. The summed E-state index contributed by atoms with van der Waals surface area (Å²) >= 11 is 2.15. The van der Waals surface area contributed by atoms with Crippen LogP contribution in [0.15, 0.2) is 75.4 Å². The van der Waals surface area contributed by atoms with Crippen LogP contribution in [0.4, 0.5) is 11.4 Å². The number of para-hydroxylation sites is 1. The SMILES string of the molecule is O=C(CCn1ccnc1)N1c2ccccc2[S+]([O-])c2ccc(Br)cc21. The van der Waals surface area contributed by atoms with Crippen molar-refractivity contribution in [3.63, 3.8) is 0 Å². The van der Waals surface area contributed by atoms with Gasteiger partial charge in [-0.2, -0.15) is 0 Å². The summed E-state index contributed by atoms with van der Waals surface area (Å²) < 4.78 is 15.6. The Morgan fingerprint density at radius 1 is 1.16 bits per heavy atom. The van der Waals surface area contributed by atoms with Gasteiger partial charge in [0.1, 0.15) is 11.4 Å². The van der Waals surface area contributed by atoms with E-state index in [2.05, 4.69) is 20.9 Å². The molecule has 0 radical (unpaired) electrons. The topological polar surface area (TPSA) is 61.2 Å². The number of carbonyl (C=O) groups is 1. The molecule has 1 atom stereocenters. The van der Waals surface area contributed by atoms with Crippen LogP contribution in [0.3, 0.4) is 0 Å². The molecule has 25 heavy (non-hydrogen) atoms. The first-order valence-corrected chi connectivity index (χ1v) is 9.68. The van der Waals surface area contributed by atoms with Crippen LogP contribution in [0.5, 0.6) is 0 Å². The van der Waals surface area contributed by atoms with Crippen molar-refractivity contribution in [1.29, 1.82) is 0 Å². The number of aryl methyl sites for hydroxylation is 1. The van der Waals surface area contributed by atoms with E-state index in [0.29, 0.717) is 34.1 Å². The molecule has 1 aliphatic rings. The number of carbonyl (C=O) groups excluding carboxylic acids is 1. The molecule has 1 aliphatic heterocycles. The average molecular weight is 416 g/mol. The van der Waals surface area contributed by atoms with Crippen LogP contribution in [0.25, 0.3) is 0 Å². The van der Waals surface area contributed by atoms with Crippen LogP contribution in [0.1, 0.15) is 6.42 Å². The van der Waals surface area contributed by atoms with Crippen LogP contribution in [-0.4, -0.2) is 20.0 Å². The van der Waals surface area contributed by atoms with Gasteiger partial charge < -0.3 is 9.12 Å². The van der Waals surface area contributed by atoms with Gasteiger partial charge in [0.2, 0.25) is 5.91 Å². The monoisotopic (exact) mass is 415 g/mol. The molecule has 3 aromatic rings. The number of imidazole rings is 1. The summed E-state index contributed by atoms with van der Waals surface area (Å²) in [5.74, 6) is -0.0443. The van der Waals surface area contributed by atoms with E-state index in [1.54, 1.807) is 17.4 Å². The van der Waals surface area contributed by atoms with E-state index in [1.807, 2.05) is 53.2 Å². The van der Waals surface area contributed by atoms with E-state index in [0.717, 1.165) is 4.47 Å². The van der Waals surface area contributed by atoms with Gasteiger partial charge in [0.15, 0.2) is 9.79 Å². The molecule has 1 unspecified atom stereocenters. The lowest BCUT2D eigenvalue weighted by Gasteiger charge is -2.31. The molecule has 0 fully saturated rings. The van der Waals surface area contributed by atoms with Gasteiger partial charge in [-0.3, -0.25) is 9.69 Å². The number of anilines is 2. The number of fused-ring (bicyclic) bond motifs is 2. The molecule has 0 N–H and O–H groups in total. The zero-order valence-corrected chi connectivity index (χ0v) is 15.5. The molecule has 0 spiro atoms. The molecule has 0 aliphatic carbocycles. The van der Waals surface area contributed by atoms with E-state index in [1.165, 1.54) is 0 Å². The molecule has 5 nitrogen and oxygen atoms in total. The highest BCUT2D eigenvalue weighted by molar-refractivity contribution is 9.10.